The minimum absolute atomic E-state index is 0.123. The predicted molar refractivity (Wildman–Crippen MR) is 50.0 cm³/mol. The Labute approximate surface area is 80.6 Å². The van der Waals surface area contributed by atoms with E-state index in [0.717, 1.165) is 0 Å². The molecule has 1 aromatic rings. The molecule has 0 aliphatic carbocycles. The third-order valence-electron chi connectivity index (χ3n) is 1.44. The average molecular weight is 220 g/mol. The first-order valence-electron chi connectivity index (χ1n) is 3.37. The van der Waals surface area contributed by atoms with Crippen molar-refractivity contribution in [3.8, 4) is 0 Å². The second-order valence-corrected chi connectivity index (χ2v) is 4.19. The van der Waals surface area contributed by atoms with Crippen molar-refractivity contribution in [2.75, 3.05) is 0 Å². The lowest BCUT2D eigenvalue weighted by molar-refractivity contribution is 0.560. The van der Waals surface area contributed by atoms with Gasteiger partial charge in [-0.1, -0.05) is 18.2 Å². The summed E-state index contributed by atoms with van der Waals surface area (Å²) < 4.78 is 38.6. The van der Waals surface area contributed by atoms with Crippen molar-refractivity contribution in [2.24, 2.45) is 0 Å². The zero-order chi connectivity index (χ0) is 9.84. The Morgan fingerprint density at radius 3 is 2.31 bits per heavy atom. The summed E-state index contributed by atoms with van der Waals surface area (Å²) in [5, 5.41) is 0. The highest BCUT2D eigenvalue weighted by atomic mass is 32.2. The number of rotatable bonds is 3. The molecule has 0 aliphatic rings. The Hall–Kier alpha value is -0.560. The molecule has 2 unspecified atom stereocenters. The van der Waals surface area contributed by atoms with Crippen molar-refractivity contribution >= 4 is 22.2 Å². The van der Waals surface area contributed by atoms with Gasteiger partial charge >= 0.3 is 0 Å². The third-order valence-corrected chi connectivity index (χ3v) is 2.77. The Bertz CT molecular complexity index is 350. The van der Waals surface area contributed by atoms with Gasteiger partial charge in [0, 0.05) is 0 Å². The van der Waals surface area contributed by atoms with Crippen molar-refractivity contribution in [3.63, 3.8) is 0 Å². The minimum Gasteiger partial charge on any atom is -0.306 e. The van der Waals surface area contributed by atoms with Gasteiger partial charge < -0.3 is 9.11 Å². The van der Waals surface area contributed by atoms with Crippen molar-refractivity contribution in [1.82, 2.24) is 0 Å². The number of hydrogen-bond acceptors (Lipinski definition) is 2. The lowest BCUT2D eigenvalue weighted by atomic mass is 10.2. The van der Waals surface area contributed by atoms with Crippen LogP contribution in [0.4, 0.5) is 0 Å². The highest BCUT2D eigenvalue weighted by Crippen LogP contribution is 2.13. The highest BCUT2D eigenvalue weighted by Gasteiger charge is 2.08. The molecule has 0 saturated carbocycles. The molecule has 72 valence electrons. The lowest BCUT2D eigenvalue weighted by Crippen LogP contribution is -1.99. The van der Waals surface area contributed by atoms with Crippen LogP contribution in [0.1, 0.15) is 5.56 Å². The summed E-state index contributed by atoms with van der Waals surface area (Å²) in [5.41, 5.74) is 0.421. The maximum atomic E-state index is 10.7. The van der Waals surface area contributed by atoms with Gasteiger partial charge in [0.1, 0.15) is 0 Å². The summed E-state index contributed by atoms with van der Waals surface area (Å²) in [6, 6.07) is 6.27. The Morgan fingerprint density at radius 2 is 1.77 bits per heavy atom. The van der Waals surface area contributed by atoms with E-state index in [2.05, 4.69) is 0 Å². The smallest absolute Gasteiger partial charge is 0.186 e. The summed E-state index contributed by atoms with van der Waals surface area (Å²) in [6.45, 7) is 0. The molecule has 0 amide bonds. The van der Waals surface area contributed by atoms with E-state index in [-0.39, 0.29) is 10.6 Å². The monoisotopic (exact) mass is 220 g/mol. The van der Waals surface area contributed by atoms with Crippen molar-refractivity contribution in [2.45, 2.75) is 10.6 Å². The van der Waals surface area contributed by atoms with E-state index in [1.54, 1.807) is 18.2 Å². The summed E-state index contributed by atoms with van der Waals surface area (Å²) in [4.78, 5) is 0.185. The van der Waals surface area contributed by atoms with Gasteiger partial charge in [0.25, 0.3) is 0 Å². The molecule has 0 spiro atoms. The Kier molecular flexibility index (Phi) is 3.73. The molecule has 0 aromatic heterocycles. The first kappa shape index (κ1) is 10.5. The van der Waals surface area contributed by atoms with Crippen LogP contribution in [0.15, 0.2) is 29.2 Å². The average Bonchev–Trinajstić information content (AvgIpc) is 2.03. The third kappa shape index (κ3) is 3.00. The van der Waals surface area contributed by atoms with Gasteiger partial charge in [-0.15, -0.1) is 0 Å². The van der Waals surface area contributed by atoms with Crippen LogP contribution in [0.25, 0.3) is 0 Å². The molecule has 1 rings (SSSR count). The van der Waals surface area contributed by atoms with Crippen LogP contribution in [-0.4, -0.2) is 17.5 Å². The van der Waals surface area contributed by atoms with Crippen LogP contribution in [0, 0.1) is 0 Å². The van der Waals surface area contributed by atoms with Crippen LogP contribution < -0.4 is 0 Å². The molecule has 1 aromatic carbocycles. The molecule has 2 N–H and O–H groups in total. The van der Waals surface area contributed by atoms with Gasteiger partial charge in [0.2, 0.25) is 0 Å². The van der Waals surface area contributed by atoms with Gasteiger partial charge in [-0.05, 0) is 11.6 Å². The molecule has 0 radical (unpaired) electrons. The molecular formula is C7H8O4S2. The van der Waals surface area contributed by atoms with E-state index in [0.29, 0.717) is 5.56 Å². The largest absolute Gasteiger partial charge is 0.306 e. The second kappa shape index (κ2) is 4.61. The topological polar surface area (TPSA) is 74.6 Å². The first-order valence-corrected chi connectivity index (χ1v) is 5.75. The lowest BCUT2D eigenvalue weighted by Gasteiger charge is -2.02. The fourth-order valence-corrected chi connectivity index (χ4v) is 2.10. The highest BCUT2D eigenvalue weighted by molar-refractivity contribution is 7.79. The molecule has 0 saturated heterocycles. The van der Waals surface area contributed by atoms with E-state index in [1.807, 2.05) is 0 Å². The van der Waals surface area contributed by atoms with Crippen molar-refractivity contribution < 1.29 is 17.5 Å². The van der Waals surface area contributed by atoms with Gasteiger partial charge in [0.15, 0.2) is 22.2 Å². The Balaban J connectivity index is 3.04. The molecule has 4 nitrogen and oxygen atoms in total. The number of benzene rings is 1. The molecule has 0 bridgehead atoms. The van der Waals surface area contributed by atoms with Gasteiger partial charge in [0.05, 0.1) is 10.6 Å². The molecular weight excluding hydrogens is 212 g/mol. The quantitative estimate of drug-likeness (QED) is 0.745. The Morgan fingerprint density at radius 1 is 1.15 bits per heavy atom. The summed E-state index contributed by atoms with van der Waals surface area (Å²) in [6.07, 6.45) is 0. The van der Waals surface area contributed by atoms with E-state index in [4.69, 9.17) is 9.11 Å². The zero-order valence-corrected chi connectivity index (χ0v) is 8.18. The first-order chi connectivity index (χ1) is 6.11. The van der Waals surface area contributed by atoms with Gasteiger partial charge in [-0.3, -0.25) is 0 Å². The van der Waals surface area contributed by atoms with E-state index >= 15 is 0 Å². The fraction of sp³-hybridized carbons (Fsp3) is 0.143. The molecule has 2 atom stereocenters. The van der Waals surface area contributed by atoms with E-state index in [9.17, 15) is 8.42 Å². The normalized spacial score (nSPS) is 15.2. The summed E-state index contributed by atoms with van der Waals surface area (Å²) >= 11 is -4.09. The van der Waals surface area contributed by atoms with Crippen LogP contribution >= 0.6 is 0 Å². The predicted octanol–water partition coefficient (Wildman–Crippen LogP) is 0.989. The zero-order valence-electron chi connectivity index (χ0n) is 6.54. The molecule has 6 heteroatoms. The van der Waals surface area contributed by atoms with Crippen LogP contribution in [0.5, 0.6) is 0 Å². The molecule has 13 heavy (non-hydrogen) atoms. The maximum Gasteiger partial charge on any atom is 0.186 e. The summed E-state index contributed by atoms with van der Waals surface area (Å²) in [5.74, 6) is -0.123. The van der Waals surface area contributed by atoms with Gasteiger partial charge in [-0.25, -0.2) is 8.42 Å². The fourth-order valence-electron chi connectivity index (χ4n) is 0.926. The summed E-state index contributed by atoms with van der Waals surface area (Å²) in [7, 11) is 0. The van der Waals surface area contributed by atoms with Crippen molar-refractivity contribution in [3.05, 3.63) is 29.8 Å². The SMILES string of the molecule is O=S(O)Cc1ccccc1S(=O)O. The van der Waals surface area contributed by atoms with Gasteiger partial charge in [-0.2, -0.15) is 0 Å². The molecule has 0 fully saturated rings. The van der Waals surface area contributed by atoms with Crippen LogP contribution in [0.3, 0.4) is 0 Å². The molecule has 0 aliphatic heterocycles. The maximum absolute atomic E-state index is 10.7. The second-order valence-electron chi connectivity index (χ2n) is 2.32. The van der Waals surface area contributed by atoms with E-state index < -0.39 is 22.2 Å². The number of hydrogen-bond donors (Lipinski definition) is 2. The van der Waals surface area contributed by atoms with Crippen LogP contribution in [0.2, 0.25) is 0 Å². The minimum atomic E-state index is -2.10. The van der Waals surface area contributed by atoms with E-state index in [1.165, 1.54) is 6.07 Å². The standard InChI is InChI=1S/C7H8O4S2/c8-12(9)5-6-3-1-2-4-7(6)13(10)11/h1-4H,5H2,(H,8,9)(H,10,11). The van der Waals surface area contributed by atoms with Crippen LogP contribution in [-0.2, 0) is 27.9 Å². The molecule has 0 heterocycles. The van der Waals surface area contributed by atoms with Crippen molar-refractivity contribution in [1.29, 1.82) is 0 Å².